The molecule has 2 aromatic rings. The quantitative estimate of drug-likeness (QED) is 0.861. The smallest absolute Gasteiger partial charge is 0.118 e. The highest BCUT2D eigenvalue weighted by Crippen LogP contribution is 2.32. The van der Waals surface area contributed by atoms with E-state index in [1.807, 2.05) is 12.1 Å². The monoisotopic (exact) mass is 254 g/mol. The lowest BCUT2D eigenvalue weighted by atomic mass is 10.0. The third kappa shape index (κ3) is 2.29. The molecule has 19 heavy (non-hydrogen) atoms. The molecule has 0 saturated heterocycles. The van der Waals surface area contributed by atoms with Gasteiger partial charge < -0.3 is 10.1 Å². The van der Waals surface area contributed by atoms with Gasteiger partial charge in [0.2, 0.25) is 0 Å². The zero-order valence-corrected chi connectivity index (χ0v) is 11.2. The van der Waals surface area contributed by atoms with Crippen molar-refractivity contribution in [3.63, 3.8) is 0 Å². The van der Waals surface area contributed by atoms with Crippen LogP contribution in [0.25, 0.3) is 0 Å². The lowest BCUT2D eigenvalue weighted by Gasteiger charge is -2.33. The highest BCUT2D eigenvalue weighted by molar-refractivity contribution is 5.56. The molecule has 0 radical (unpaired) electrons. The zero-order chi connectivity index (χ0) is 13.2. The number of benzene rings is 2. The molecule has 3 heteroatoms. The van der Waals surface area contributed by atoms with Crippen LogP contribution in [0.5, 0.6) is 5.75 Å². The molecule has 1 aliphatic heterocycles. The summed E-state index contributed by atoms with van der Waals surface area (Å²) in [4.78, 5) is 0. The summed E-state index contributed by atoms with van der Waals surface area (Å²) in [6, 6.07) is 16.9. The molecule has 0 spiro atoms. The first-order valence-corrected chi connectivity index (χ1v) is 6.53. The molecule has 2 aromatic carbocycles. The number of fused-ring (bicyclic) bond motifs is 1. The summed E-state index contributed by atoms with van der Waals surface area (Å²) in [5.41, 5.74) is 3.73. The van der Waals surface area contributed by atoms with Gasteiger partial charge in [0.1, 0.15) is 11.9 Å². The van der Waals surface area contributed by atoms with Gasteiger partial charge in [0, 0.05) is 11.7 Å². The third-order valence-electron chi connectivity index (χ3n) is 3.59. The van der Waals surface area contributed by atoms with Crippen LogP contribution in [-0.2, 0) is 0 Å². The molecule has 0 fully saturated rings. The Morgan fingerprint density at radius 1 is 1.00 bits per heavy atom. The zero-order valence-electron chi connectivity index (χ0n) is 11.2. The number of hydrogen-bond donors (Lipinski definition) is 2. The molecule has 2 atom stereocenters. The van der Waals surface area contributed by atoms with Crippen LogP contribution >= 0.6 is 0 Å². The van der Waals surface area contributed by atoms with Crippen LogP contribution in [0, 0.1) is 0 Å². The molecule has 1 aliphatic rings. The molecule has 98 valence electrons. The predicted octanol–water partition coefficient (Wildman–Crippen LogP) is 3.47. The van der Waals surface area contributed by atoms with Gasteiger partial charge in [-0.25, -0.2) is 0 Å². The van der Waals surface area contributed by atoms with E-state index in [0.717, 1.165) is 5.75 Å². The van der Waals surface area contributed by atoms with Gasteiger partial charge in [0.25, 0.3) is 0 Å². The van der Waals surface area contributed by atoms with Gasteiger partial charge in [-0.05, 0) is 36.2 Å². The van der Waals surface area contributed by atoms with Crippen LogP contribution < -0.4 is 15.4 Å². The van der Waals surface area contributed by atoms with Crippen LogP contribution in [0.3, 0.4) is 0 Å². The van der Waals surface area contributed by atoms with E-state index >= 15 is 0 Å². The van der Waals surface area contributed by atoms with Crippen LogP contribution in [-0.4, -0.2) is 7.11 Å². The standard InChI is InChI=1S/C16H18N2O/c1-11-14-5-3-4-6-15(14)18-16(17-11)12-7-9-13(19-2)10-8-12/h3-11,16-18H,1-2H3/t11-,16+/m1/s1. The number of anilines is 1. The Hall–Kier alpha value is -2.00. The van der Waals surface area contributed by atoms with Gasteiger partial charge in [-0.2, -0.15) is 0 Å². The molecular formula is C16H18N2O. The molecule has 0 amide bonds. The van der Waals surface area contributed by atoms with E-state index in [4.69, 9.17) is 4.74 Å². The van der Waals surface area contributed by atoms with Crippen LogP contribution in [0.2, 0.25) is 0 Å². The van der Waals surface area contributed by atoms with Crippen molar-refractivity contribution in [2.45, 2.75) is 19.1 Å². The third-order valence-corrected chi connectivity index (χ3v) is 3.59. The highest BCUT2D eigenvalue weighted by Gasteiger charge is 2.22. The summed E-state index contributed by atoms with van der Waals surface area (Å²) in [5, 5.41) is 7.10. The van der Waals surface area contributed by atoms with E-state index < -0.39 is 0 Å². The Bertz CT molecular complexity index is 565. The maximum absolute atomic E-state index is 5.19. The van der Waals surface area contributed by atoms with E-state index in [2.05, 4.69) is 54.0 Å². The van der Waals surface area contributed by atoms with Gasteiger partial charge in [0.05, 0.1) is 7.11 Å². The van der Waals surface area contributed by atoms with Gasteiger partial charge in [-0.1, -0.05) is 30.3 Å². The first kappa shape index (κ1) is 12.1. The molecule has 0 aromatic heterocycles. The molecule has 0 aliphatic carbocycles. The number of methoxy groups -OCH3 is 1. The Labute approximate surface area is 113 Å². The fraction of sp³-hybridized carbons (Fsp3) is 0.250. The van der Waals surface area contributed by atoms with Crippen molar-refractivity contribution in [1.29, 1.82) is 0 Å². The van der Waals surface area contributed by atoms with Gasteiger partial charge in [0.15, 0.2) is 0 Å². The SMILES string of the molecule is COc1ccc([C@@H]2Nc3ccccc3[C@@H](C)N2)cc1. The summed E-state index contributed by atoms with van der Waals surface area (Å²) in [7, 11) is 1.68. The molecule has 1 heterocycles. The van der Waals surface area contributed by atoms with Crippen molar-refractivity contribution >= 4 is 5.69 Å². The average Bonchev–Trinajstić information content (AvgIpc) is 2.47. The predicted molar refractivity (Wildman–Crippen MR) is 77.4 cm³/mol. The minimum absolute atomic E-state index is 0.135. The Balaban J connectivity index is 1.87. The van der Waals surface area contributed by atoms with E-state index in [9.17, 15) is 0 Å². The second-order valence-electron chi connectivity index (χ2n) is 4.83. The highest BCUT2D eigenvalue weighted by atomic mass is 16.5. The van der Waals surface area contributed by atoms with Crippen LogP contribution in [0.4, 0.5) is 5.69 Å². The minimum atomic E-state index is 0.135. The summed E-state index contributed by atoms with van der Waals surface area (Å²) in [6.45, 7) is 2.19. The van der Waals surface area contributed by atoms with Gasteiger partial charge in [-0.3, -0.25) is 5.32 Å². The number of hydrogen-bond acceptors (Lipinski definition) is 3. The fourth-order valence-electron chi connectivity index (χ4n) is 2.52. The van der Waals surface area contributed by atoms with E-state index in [0.29, 0.717) is 6.04 Å². The van der Waals surface area contributed by atoms with Crippen molar-refractivity contribution in [2.75, 3.05) is 12.4 Å². The number of nitrogens with one attached hydrogen (secondary N) is 2. The van der Waals surface area contributed by atoms with E-state index in [-0.39, 0.29) is 6.17 Å². The fourth-order valence-corrected chi connectivity index (χ4v) is 2.52. The Morgan fingerprint density at radius 3 is 2.47 bits per heavy atom. The van der Waals surface area contributed by atoms with Crippen molar-refractivity contribution in [3.8, 4) is 5.75 Å². The number of rotatable bonds is 2. The van der Waals surface area contributed by atoms with E-state index in [1.54, 1.807) is 7.11 Å². The molecule has 0 saturated carbocycles. The lowest BCUT2D eigenvalue weighted by Crippen LogP contribution is -2.35. The van der Waals surface area contributed by atoms with Crippen molar-refractivity contribution in [2.24, 2.45) is 0 Å². The summed E-state index contributed by atoms with van der Waals surface area (Å²) in [5.74, 6) is 0.882. The molecule has 3 nitrogen and oxygen atoms in total. The summed E-state index contributed by atoms with van der Waals surface area (Å²) < 4.78 is 5.19. The molecule has 2 N–H and O–H groups in total. The van der Waals surface area contributed by atoms with Crippen LogP contribution in [0.1, 0.15) is 30.3 Å². The van der Waals surface area contributed by atoms with Gasteiger partial charge in [-0.15, -0.1) is 0 Å². The summed E-state index contributed by atoms with van der Waals surface area (Å²) >= 11 is 0. The lowest BCUT2D eigenvalue weighted by molar-refractivity contribution is 0.414. The first-order valence-electron chi connectivity index (χ1n) is 6.53. The Morgan fingerprint density at radius 2 is 1.74 bits per heavy atom. The van der Waals surface area contributed by atoms with Crippen molar-refractivity contribution in [1.82, 2.24) is 5.32 Å². The molecule has 3 rings (SSSR count). The maximum atomic E-state index is 5.19. The Kier molecular flexibility index (Phi) is 3.13. The van der Waals surface area contributed by atoms with Crippen molar-refractivity contribution in [3.05, 3.63) is 59.7 Å². The van der Waals surface area contributed by atoms with Crippen LogP contribution in [0.15, 0.2) is 48.5 Å². The number of para-hydroxylation sites is 1. The molecule has 0 unspecified atom stereocenters. The molecular weight excluding hydrogens is 236 g/mol. The van der Waals surface area contributed by atoms with Crippen molar-refractivity contribution < 1.29 is 4.74 Å². The average molecular weight is 254 g/mol. The normalized spacial score (nSPS) is 21.4. The second kappa shape index (κ2) is 4.94. The molecule has 0 bridgehead atoms. The topological polar surface area (TPSA) is 33.3 Å². The van der Waals surface area contributed by atoms with E-state index in [1.165, 1.54) is 16.8 Å². The minimum Gasteiger partial charge on any atom is -0.497 e. The first-order chi connectivity index (χ1) is 9.28. The maximum Gasteiger partial charge on any atom is 0.118 e. The van der Waals surface area contributed by atoms with Gasteiger partial charge >= 0.3 is 0 Å². The largest absolute Gasteiger partial charge is 0.497 e. The second-order valence-corrected chi connectivity index (χ2v) is 4.83. The summed E-state index contributed by atoms with van der Waals surface area (Å²) in [6.07, 6.45) is 0.135. The number of ether oxygens (including phenoxy) is 1.